The number of amides is 1. The Labute approximate surface area is 135 Å². The van der Waals surface area contributed by atoms with E-state index in [-0.39, 0.29) is 11.9 Å². The summed E-state index contributed by atoms with van der Waals surface area (Å²) in [6.45, 7) is 0. The summed E-state index contributed by atoms with van der Waals surface area (Å²) in [6.07, 6.45) is 4.61. The molecule has 5 heteroatoms. The average Bonchev–Trinajstić information content (AvgIpc) is 2.41. The molecule has 0 bridgehead atoms. The van der Waals surface area contributed by atoms with E-state index in [1.807, 2.05) is 18.0 Å². The molecule has 1 aliphatic carbocycles. The van der Waals surface area contributed by atoms with Crippen molar-refractivity contribution in [2.75, 3.05) is 7.05 Å². The number of halogens is 3. The van der Waals surface area contributed by atoms with Crippen molar-refractivity contribution in [2.45, 2.75) is 36.6 Å². The van der Waals surface area contributed by atoms with Crippen LogP contribution in [0, 0.1) is 0 Å². The lowest BCUT2D eigenvalue weighted by Gasteiger charge is -2.35. The molecule has 2 rings (SSSR count). The number of hydrogen-bond donors (Lipinski definition) is 0. The standard InChI is InChI=1S/C14H16Br2ClNO/c1-18(13-5-3-2-4-11(13)16)14(19)9-6-7-10(15)12(17)8-9/h6-8,11,13H,2-5H2,1H3. The van der Waals surface area contributed by atoms with E-state index in [0.29, 0.717) is 15.4 Å². The van der Waals surface area contributed by atoms with Crippen LogP contribution in [-0.4, -0.2) is 28.7 Å². The number of alkyl halides is 1. The van der Waals surface area contributed by atoms with E-state index in [9.17, 15) is 4.79 Å². The molecule has 0 aliphatic heterocycles. The number of nitrogens with zero attached hydrogens (tertiary/aromatic N) is 1. The summed E-state index contributed by atoms with van der Waals surface area (Å²) >= 11 is 13.1. The van der Waals surface area contributed by atoms with Gasteiger partial charge in [0.2, 0.25) is 0 Å². The van der Waals surface area contributed by atoms with Gasteiger partial charge in [0.15, 0.2) is 0 Å². The van der Waals surface area contributed by atoms with Gasteiger partial charge >= 0.3 is 0 Å². The Kier molecular flexibility index (Phi) is 5.32. The van der Waals surface area contributed by atoms with Crippen LogP contribution in [0.25, 0.3) is 0 Å². The normalized spacial score (nSPS) is 23.2. The van der Waals surface area contributed by atoms with Crippen molar-refractivity contribution in [1.29, 1.82) is 0 Å². The van der Waals surface area contributed by atoms with Crippen molar-refractivity contribution >= 4 is 49.4 Å². The summed E-state index contributed by atoms with van der Waals surface area (Å²) in [5.41, 5.74) is 0.640. The van der Waals surface area contributed by atoms with Crippen LogP contribution in [0.3, 0.4) is 0 Å². The minimum Gasteiger partial charge on any atom is -0.338 e. The van der Waals surface area contributed by atoms with Gasteiger partial charge in [0, 0.05) is 28.0 Å². The fraction of sp³-hybridized carbons (Fsp3) is 0.500. The van der Waals surface area contributed by atoms with Gasteiger partial charge in [0.1, 0.15) is 0 Å². The first kappa shape index (κ1) is 15.3. The summed E-state index contributed by atoms with van der Waals surface area (Å²) in [5.74, 6) is 0.0331. The third kappa shape index (κ3) is 3.53. The molecule has 1 fully saturated rings. The van der Waals surface area contributed by atoms with Crippen molar-refractivity contribution in [3.63, 3.8) is 0 Å². The third-order valence-electron chi connectivity index (χ3n) is 3.63. The maximum atomic E-state index is 12.5. The van der Waals surface area contributed by atoms with E-state index in [4.69, 9.17) is 11.6 Å². The van der Waals surface area contributed by atoms with E-state index in [1.165, 1.54) is 12.8 Å². The van der Waals surface area contributed by atoms with Gasteiger partial charge in [-0.25, -0.2) is 0 Å². The topological polar surface area (TPSA) is 20.3 Å². The molecule has 1 saturated carbocycles. The Morgan fingerprint density at radius 3 is 2.68 bits per heavy atom. The molecule has 0 saturated heterocycles. The monoisotopic (exact) mass is 407 g/mol. The molecular formula is C14H16Br2ClNO. The summed E-state index contributed by atoms with van der Waals surface area (Å²) in [5, 5.41) is 0.568. The molecule has 0 N–H and O–H groups in total. The molecule has 104 valence electrons. The highest BCUT2D eigenvalue weighted by molar-refractivity contribution is 9.10. The number of carbonyl (C=O) groups excluding carboxylic acids is 1. The molecule has 2 atom stereocenters. The second-order valence-corrected chi connectivity index (χ2v) is 7.35. The smallest absolute Gasteiger partial charge is 0.253 e. The Hall–Kier alpha value is -0.0600. The number of hydrogen-bond acceptors (Lipinski definition) is 1. The molecule has 2 unspecified atom stereocenters. The quantitative estimate of drug-likeness (QED) is 0.638. The van der Waals surface area contributed by atoms with Crippen LogP contribution in [0.2, 0.25) is 5.02 Å². The molecule has 1 aromatic rings. The van der Waals surface area contributed by atoms with Crippen LogP contribution < -0.4 is 0 Å². The summed E-state index contributed by atoms with van der Waals surface area (Å²) in [4.78, 5) is 14.7. The van der Waals surface area contributed by atoms with Crippen LogP contribution in [0.15, 0.2) is 22.7 Å². The van der Waals surface area contributed by atoms with Gasteiger partial charge < -0.3 is 4.90 Å². The Balaban J connectivity index is 2.15. The SMILES string of the molecule is CN(C(=O)c1ccc(Br)c(Cl)c1)C1CCCCC1Br. The van der Waals surface area contributed by atoms with Crippen LogP contribution >= 0.6 is 43.5 Å². The Bertz CT molecular complexity index is 481. The largest absolute Gasteiger partial charge is 0.338 e. The van der Waals surface area contributed by atoms with Crippen molar-refractivity contribution in [3.8, 4) is 0 Å². The Morgan fingerprint density at radius 2 is 2.05 bits per heavy atom. The van der Waals surface area contributed by atoms with E-state index in [2.05, 4.69) is 31.9 Å². The van der Waals surface area contributed by atoms with Gasteiger partial charge in [0.25, 0.3) is 5.91 Å². The number of benzene rings is 1. The summed E-state index contributed by atoms with van der Waals surface area (Å²) < 4.78 is 0.810. The second-order valence-electron chi connectivity index (χ2n) is 4.91. The lowest BCUT2D eigenvalue weighted by Crippen LogP contribution is -2.44. The zero-order valence-corrected chi connectivity index (χ0v) is 14.6. The fourth-order valence-electron chi connectivity index (χ4n) is 2.49. The van der Waals surface area contributed by atoms with E-state index in [0.717, 1.165) is 17.3 Å². The van der Waals surface area contributed by atoms with Gasteiger partial charge in [-0.05, 0) is 47.0 Å². The minimum atomic E-state index is 0.0331. The van der Waals surface area contributed by atoms with Crippen LogP contribution in [0.4, 0.5) is 0 Å². The predicted octanol–water partition coefficient (Wildman–Crippen LogP) is 4.88. The fourth-order valence-corrected chi connectivity index (χ4v) is 3.86. The molecule has 0 aromatic heterocycles. The molecule has 1 aromatic carbocycles. The maximum Gasteiger partial charge on any atom is 0.253 e. The third-order valence-corrected chi connectivity index (χ3v) is 5.93. The first-order valence-electron chi connectivity index (χ1n) is 6.37. The maximum absolute atomic E-state index is 12.5. The van der Waals surface area contributed by atoms with Gasteiger partial charge in [-0.15, -0.1) is 0 Å². The van der Waals surface area contributed by atoms with Crippen LogP contribution in [0.5, 0.6) is 0 Å². The Morgan fingerprint density at radius 1 is 1.37 bits per heavy atom. The molecule has 19 heavy (non-hydrogen) atoms. The first-order chi connectivity index (χ1) is 9.00. The van der Waals surface area contributed by atoms with Gasteiger partial charge in [0.05, 0.1) is 5.02 Å². The predicted molar refractivity (Wildman–Crippen MR) is 86.2 cm³/mol. The second kappa shape index (κ2) is 6.59. The number of rotatable bonds is 2. The minimum absolute atomic E-state index is 0.0331. The molecule has 1 amide bonds. The molecule has 0 spiro atoms. The highest BCUT2D eigenvalue weighted by Crippen LogP contribution is 2.29. The van der Waals surface area contributed by atoms with Gasteiger partial charge in [-0.3, -0.25) is 4.79 Å². The lowest BCUT2D eigenvalue weighted by atomic mass is 9.94. The van der Waals surface area contributed by atoms with E-state index in [1.54, 1.807) is 12.1 Å². The summed E-state index contributed by atoms with van der Waals surface area (Å²) in [6, 6.07) is 5.61. The highest BCUT2D eigenvalue weighted by atomic mass is 79.9. The van der Waals surface area contributed by atoms with Crippen molar-refractivity contribution < 1.29 is 4.79 Å². The zero-order valence-electron chi connectivity index (χ0n) is 10.7. The molecule has 1 aliphatic rings. The van der Waals surface area contributed by atoms with E-state index < -0.39 is 0 Å². The van der Waals surface area contributed by atoms with Crippen molar-refractivity contribution in [1.82, 2.24) is 4.90 Å². The van der Waals surface area contributed by atoms with Crippen molar-refractivity contribution in [3.05, 3.63) is 33.3 Å². The molecule has 2 nitrogen and oxygen atoms in total. The zero-order chi connectivity index (χ0) is 14.0. The summed E-state index contributed by atoms with van der Waals surface area (Å²) in [7, 11) is 1.88. The molecule has 0 heterocycles. The van der Waals surface area contributed by atoms with E-state index >= 15 is 0 Å². The van der Waals surface area contributed by atoms with Crippen LogP contribution in [0.1, 0.15) is 36.0 Å². The first-order valence-corrected chi connectivity index (χ1v) is 8.45. The molecule has 0 radical (unpaired) electrons. The van der Waals surface area contributed by atoms with Crippen LogP contribution in [-0.2, 0) is 0 Å². The van der Waals surface area contributed by atoms with Gasteiger partial charge in [-0.2, -0.15) is 0 Å². The number of carbonyl (C=O) groups is 1. The average molecular weight is 410 g/mol. The van der Waals surface area contributed by atoms with Gasteiger partial charge in [-0.1, -0.05) is 40.4 Å². The van der Waals surface area contributed by atoms with Crippen molar-refractivity contribution in [2.24, 2.45) is 0 Å². The molecular weight excluding hydrogens is 393 g/mol. The highest BCUT2D eigenvalue weighted by Gasteiger charge is 2.29. The lowest BCUT2D eigenvalue weighted by molar-refractivity contribution is 0.0705.